The van der Waals surface area contributed by atoms with Crippen LogP contribution in [0.2, 0.25) is 0 Å². The van der Waals surface area contributed by atoms with E-state index in [0.717, 1.165) is 36.8 Å². The van der Waals surface area contributed by atoms with Crippen molar-refractivity contribution in [2.75, 3.05) is 0 Å². The van der Waals surface area contributed by atoms with Crippen LogP contribution < -0.4 is 9.47 Å². The Morgan fingerprint density at radius 3 is 1.49 bits per heavy atom. The zero-order valence-electron chi connectivity index (χ0n) is 24.3. The van der Waals surface area contributed by atoms with Crippen molar-refractivity contribution in [3.05, 3.63) is 90.0 Å². The molecule has 0 amide bonds. The Labute approximate surface area is 237 Å². The molecule has 2 atom stereocenters. The van der Waals surface area contributed by atoms with E-state index in [1.54, 1.807) is 6.07 Å². The lowest BCUT2D eigenvalue weighted by Gasteiger charge is -2.25. The minimum atomic E-state index is -0.137. The van der Waals surface area contributed by atoms with Crippen LogP contribution in [0, 0.1) is 0 Å². The maximum atomic E-state index is 10.9. The summed E-state index contributed by atoms with van der Waals surface area (Å²) in [5.41, 5.74) is 2.29. The lowest BCUT2D eigenvalue weighted by atomic mass is 10.0. The summed E-state index contributed by atoms with van der Waals surface area (Å²) in [5.74, 6) is 1.18. The van der Waals surface area contributed by atoms with Crippen molar-refractivity contribution >= 4 is 0 Å². The fraction of sp³-hybridized carbons (Fsp3) is 0.500. The second-order valence-electron chi connectivity index (χ2n) is 10.8. The second kappa shape index (κ2) is 18.4. The number of hydrogen-bond acceptors (Lipinski definition) is 3. The van der Waals surface area contributed by atoms with E-state index >= 15 is 0 Å². The number of unbranched alkanes of at least 4 members (excludes halogenated alkanes) is 10. The van der Waals surface area contributed by atoms with Gasteiger partial charge < -0.3 is 14.6 Å². The summed E-state index contributed by atoms with van der Waals surface area (Å²) < 4.78 is 13.3. The number of phenols is 1. The van der Waals surface area contributed by atoms with E-state index in [2.05, 4.69) is 62.4 Å². The highest BCUT2D eigenvalue weighted by Crippen LogP contribution is 2.42. The van der Waals surface area contributed by atoms with Crippen molar-refractivity contribution in [1.82, 2.24) is 0 Å². The van der Waals surface area contributed by atoms with Gasteiger partial charge in [-0.25, -0.2) is 0 Å². The van der Waals surface area contributed by atoms with Gasteiger partial charge in [-0.1, -0.05) is 145 Å². The van der Waals surface area contributed by atoms with Crippen LogP contribution >= 0.6 is 0 Å². The van der Waals surface area contributed by atoms with Crippen LogP contribution in [-0.4, -0.2) is 5.11 Å². The standard InChI is InChI=1S/C36H50O3/c1-3-5-7-9-11-19-27-33(30-22-15-13-16-23-30)38-35-29-21-26-32(37)36(35)39-34(31-24-17-14-18-25-31)28-20-12-10-8-6-4-2/h13-18,21-26,29,33-34,37H,3-12,19-20,27-28H2,1-2H3. The van der Waals surface area contributed by atoms with E-state index in [4.69, 9.17) is 9.47 Å². The summed E-state index contributed by atoms with van der Waals surface area (Å²) in [6.07, 6.45) is 16.5. The van der Waals surface area contributed by atoms with Gasteiger partial charge in [0.05, 0.1) is 0 Å². The molecule has 0 saturated heterocycles. The smallest absolute Gasteiger partial charge is 0.203 e. The van der Waals surface area contributed by atoms with E-state index in [9.17, 15) is 5.11 Å². The number of benzene rings is 3. The molecule has 0 spiro atoms. The molecule has 3 rings (SSSR count). The molecule has 3 aromatic rings. The number of phenolic OH excluding ortho intramolecular Hbond substituents is 1. The summed E-state index contributed by atoms with van der Waals surface area (Å²) in [7, 11) is 0. The lowest BCUT2D eigenvalue weighted by Crippen LogP contribution is -2.12. The first-order chi connectivity index (χ1) is 19.2. The van der Waals surface area contributed by atoms with Crippen molar-refractivity contribution in [1.29, 1.82) is 0 Å². The third-order valence-corrected chi connectivity index (χ3v) is 7.47. The molecule has 39 heavy (non-hydrogen) atoms. The Bertz CT molecular complexity index is 1020. The third kappa shape index (κ3) is 11.0. The maximum absolute atomic E-state index is 10.9. The molecule has 0 aliphatic rings. The number of hydrogen-bond donors (Lipinski definition) is 1. The molecular weight excluding hydrogens is 480 g/mol. The van der Waals surface area contributed by atoms with Crippen LogP contribution in [0.4, 0.5) is 0 Å². The van der Waals surface area contributed by atoms with Gasteiger partial charge in [0.2, 0.25) is 5.75 Å². The number of ether oxygens (including phenoxy) is 2. The predicted octanol–water partition coefficient (Wildman–Crippen LogP) is 11.1. The van der Waals surface area contributed by atoms with Crippen molar-refractivity contribution < 1.29 is 14.6 Å². The summed E-state index contributed by atoms with van der Waals surface area (Å²) in [6.45, 7) is 4.51. The molecule has 0 aromatic heterocycles. The molecular formula is C36H50O3. The number of para-hydroxylation sites is 1. The van der Waals surface area contributed by atoms with Gasteiger partial charge in [0.15, 0.2) is 11.5 Å². The first-order valence-electron chi connectivity index (χ1n) is 15.5. The Morgan fingerprint density at radius 2 is 0.974 bits per heavy atom. The van der Waals surface area contributed by atoms with Gasteiger partial charge >= 0.3 is 0 Å². The van der Waals surface area contributed by atoms with Gasteiger partial charge in [0.25, 0.3) is 0 Å². The van der Waals surface area contributed by atoms with Crippen LogP contribution in [-0.2, 0) is 0 Å². The Hall–Kier alpha value is -2.94. The molecule has 0 aliphatic carbocycles. The van der Waals surface area contributed by atoms with E-state index in [-0.39, 0.29) is 18.0 Å². The summed E-state index contributed by atoms with van der Waals surface area (Å²) >= 11 is 0. The van der Waals surface area contributed by atoms with Crippen LogP contribution in [0.25, 0.3) is 0 Å². The van der Waals surface area contributed by atoms with E-state index in [0.29, 0.717) is 11.5 Å². The van der Waals surface area contributed by atoms with Crippen LogP contribution in [0.15, 0.2) is 78.9 Å². The molecule has 3 nitrogen and oxygen atoms in total. The maximum Gasteiger partial charge on any atom is 0.203 e. The van der Waals surface area contributed by atoms with Gasteiger partial charge in [-0.3, -0.25) is 0 Å². The molecule has 0 aliphatic heterocycles. The van der Waals surface area contributed by atoms with E-state index < -0.39 is 0 Å². The highest BCUT2D eigenvalue weighted by atomic mass is 16.5. The molecule has 0 heterocycles. The molecule has 212 valence electrons. The van der Waals surface area contributed by atoms with Crippen molar-refractivity contribution in [2.24, 2.45) is 0 Å². The molecule has 0 radical (unpaired) electrons. The fourth-order valence-electron chi connectivity index (χ4n) is 5.15. The monoisotopic (exact) mass is 530 g/mol. The molecule has 2 unspecified atom stereocenters. The van der Waals surface area contributed by atoms with E-state index in [1.165, 1.54) is 64.2 Å². The van der Waals surface area contributed by atoms with Crippen LogP contribution in [0.1, 0.15) is 127 Å². The van der Waals surface area contributed by atoms with Gasteiger partial charge in [0.1, 0.15) is 12.2 Å². The van der Waals surface area contributed by atoms with Gasteiger partial charge in [-0.2, -0.15) is 0 Å². The fourth-order valence-corrected chi connectivity index (χ4v) is 5.15. The van der Waals surface area contributed by atoms with Crippen molar-refractivity contribution in [3.8, 4) is 17.2 Å². The highest BCUT2D eigenvalue weighted by molar-refractivity contribution is 5.51. The molecule has 0 bridgehead atoms. The van der Waals surface area contributed by atoms with Gasteiger partial charge in [-0.15, -0.1) is 0 Å². The number of aromatic hydroxyl groups is 1. The average molecular weight is 531 g/mol. The Balaban J connectivity index is 1.75. The molecule has 0 fully saturated rings. The predicted molar refractivity (Wildman–Crippen MR) is 164 cm³/mol. The van der Waals surface area contributed by atoms with Crippen LogP contribution in [0.3, 0.4) is 0 Å². The zero-order valence-corrected chi connectivity index (χ0v) is 24.3. The highest BCUT2D eigenvalue weighted by Gasteiger charge is 2.22. The minimum absolute atomic E-state index is 0.0877. The SMILES string of the molecule is CCCCCCCCC(Oc1cccc(O)c1OC(CCCCCCCC)c1ccccc1)c1ccccc1. The lowest BCUT2D eigenvalue weighted by molar-refractivity contribution is 0.148. The molecule has 3 heteroatoms. The first-order valence-corrected chi connectivity index (χ1v) is 15.5. The topological polar surface area (TPSA) is 38.7 Å². The van der Waals surface area contributed by atoms with Crippen molar-refractivity contribution in [3.63, 3.8) is 0 Å². The zero-order chi connectivity index (χ0) is 27.5. The van der Waals surface area contributed by atoms with Crippen LogP contribution in [0.5, 0.6) is 17.2 Å². The first kappa shape index (κ1) is 30.6. The summed E-state index contributed by atoms with van der Waals surface area (Å²) in [5, 5.41) is 10.9. The Kier molecular flexibility index (Phi) is 14.4. The molecule has 0 saturated carbocycles. The summed E-state index contributed by atoms with van der Waals surface area (Å²) in [4.78, 5) is 0. The summed E-state index contributed by atoms with van der Waals surface area (Å²) in [6, 6.07) is 26.3. The van der Waals surface area contributed by atoms with E-state index in [1.807, 2.05) is 24.3 Å². The Morgan fingerprint density at radius 1 is 0.513 bits per heavy atom. The largest absolute Gasteiger partial charge is 0.504 e. The molecule has 1 N–H and O–H groups in total. The third-order valence-electron chi connectivity index (χ3n) is 7.47. The van der Waals surface area contributed by atoms with Gasteiger partial charge in [0, 0.05) is 0 Å². The quantitative estimate of drug-likeness (QED) is 0.148. The average Bonchev–Trinajstić information content (AvgIpc) is 2.97. The normalized spacial score (nSPS) is 12.7. The molecule has 3 aromatic carbocycles. The number of rotatable bonds is 20. The minimum Gasteiger partial charge on any atom is -0.504 e. The van der Waals surface area contributed by atoms with Crippen molar-refractivity contribution in [2.45, 2.75) is 116 Å². The second-order valence-corrected chi connectivity index (χ2v) is 10.8. The van der Waals surface area contributed by atoms with Gasteiger partial charge in [-0.05, 0) is 48.9 Å².